The number of para-hydroxylation sites is 1. The van der Waals surface area contributed by atoms with Gasteiger partial charge in [-0.3, -0.25) is 0 Å². The largest absolute Gasteiger partial charge is 0.478 e. The van der Waals surface area contributed by atoms with E-state index < -0.39 is 5.97 Å². The molecule has 2 aromatic heterocycles. The van der Waals surface area contributed by atoms with E-state index in [4.69, 9.17) is 9.97 Å². The summed E-state index contributed by atoms with van der Waals surface area (Å²) >= 11 is 0. The lowest BCUT2D eigenvalue weighted by atomic mass is 9.95. The lowest BCUT2D eigenvalue weighted by Gasteiger charge is -2.27. The first-order chi connectivity index (χ1) is 17.9. The summed E-state index contributed by atoms with van der Waals surface area (Å²) in [6.45, 7) is 6.03. The third kappa shape index (κ3) is 4.96. The molecule has 0 bridgehead atoms. The van der Waals surface area contributed by atoms with Crippen molar-refractivity contribution in [2.24, 2.45) is 0 Å². The molecule has 1 atom stereocenters. The van der Waals surface area contributed by atoms with Crippen LogP contribution in [0.2, 0.25) is 0 Å². The molecule has 1 fully saturated rings. The van der Waals surface area contributed by atoms with Crippen LogP contribution >= 0.6 is 0 Å². The van der Waals surface area contributed by atoms with Crippen molar-refractivity contribution in [2.75, 3.05) is 23.3 Å². The number of aryl methyl sites for hydroxylation is 1. The minimum Gasteiger partial charge on any atom is -0.478 e. The van der Waals surface area contributed by atoms with Gasteiger partial charge in [0.25, 0.3) is 0 Å². The number of benzene rings is 2. The van der Waals surface area contributed by atoms with Crippen LogP contribution in [0.4, 0.5) is 11.5 Å². The van der Waals surface area contributed by atoms with Crippen LogP contribution in [0.5, 0.6) is 0 Å². The first kappa shape index (κ1) is 24.3. The van der Waals surface area contributed by atoms with Crippen LogP contribution in [0.25, 0.3) is 22.0 Å². The van der Waals surface area contributed by atoms with Crippen molar-refractivity contribution in [2.45, 2.75) is 39.2 Å². The van der Waals surface area contributed by atoms with Gasteiger partial charge in [0.1, 0.15) is 17.6 Å². The number of nitrogens with one attached hydrogen (secondary N) is 1. The van der Waals surface area contributed by atoms with Gasteiger partial charge in [0, 0.05) is 47.5 Å². The number of piperidine rings is 1. The number of rotatable bonds is 6. The van der Waals surface area contributed by atoms with E-state index in [1.165, 1.54) is 19.3 Å². The van der Waals surface area contributed by atoms with Crippen LogP contribution in [0.15, 0.2) is 60.8 Å². The van der Waals surface area contributed by atoms with Crippen LogP contribution < -0.4 is 10.2 Å². The second-order valence-electron chi connectivity index (χ2n) is 9.59. The number of aromatic nitrogens is 2. The molecule has 7 heteroatoms. The molecule has 1 saturated heterocycles. The number of aromatic carboxylic acids is 1. The normalized spacial score (nSPS) is 14.2. The molecule has 0 spiro atoms. The number of fused-ring (bicyclic) bond motifs is 1. The second kappa shape index (κ2) is 10.3. The number of nitrogens with zero attached hydrogens (tertiary/aromatic N) is 4. The smallest absolute Gasteiger partial charge is 0.337 e. The molecule has 1 aliphatic rings. The van der Waals surface area contributed by atoms with Gasteiger partial charge >= 0.3 is 5.97 Å². The average Bonchev–Trinajstić information content (AvgIpc) is 2.92. The number of carboxylic acids is 1. The zero-order valence-electron chi connectivity index (χ0n) is 21.0. The third-order valence-corrected chi connectivity index (χ3v) is 6.95. The Morgan fingerprint density at radius 2 is 1.89 bits per heavy atom. The molecule has 1 unspecified atom stereocenters. The minimum absolute atomic E-state index is 0.204. The van der Waals surface area contributed by atoms with E-state index >= 15 is 0 Å². The zero-order chi connectivity index (χ0) is 25.9. The van der Waals surface area contributed by atoms with Crippen LogP contribution in [-0.4, -0.2) is 34.1 Å². The summed E-state index contributed by atoms with van der Waals surface area (Å²) in [5.74, 6) is -0.0190. The second-order valence-corrected chi connectivity index (χ2v) is 9.59. The van der Waals surface area contributed by atoms with E-state index in [9.17, 15) is 15.2 Å². The molecule has 7 nitrogen and oxygen atoms in total. The van der Waals surface area contributed by atoms with Gasteiger partial charge < -0.3 is 15.3 Å². The Hall–Kier alpha value is -4.44. The molecule has 186 valence electrons. The number of carboxylic acid groups (broad SMARTS) is 1. The quantitative estimate of drug-likeness (QED) is 0.324. The molecule has 4 aromatic rings. The van der Waals surface area contributed by atoms with Crippen molar-refractivity contribution in [3.8, 4) is 17.2 Å². The average molecular weight is 492 g/mol. The fourth-order valence-corrected chi connectivity index (χ4v) is 5.07. The van der Waals surface area contributed by atoms with Crippen molar-refractivity contribution in [3.63, 3.8) is 0 Å². The van der Waals surface area contributed by atoms with Gasteiger partial charge in [-0.2, -0.15) is 5.26 Å². The molecule has 3 heterocycles. The molecule has 0 aliphatic carbocycles. The Bertz CT molecular complexity index is 1500. The van der Waals surface area contributed by atoms with Crippen LogP contribution in [-0.2, 0) is 0 Å². The number of pyridine rings is 2. The molecule has 2 N–H and O–H groups in total. The van der Waals surface area contributed by atoms with Gasteiger partial charge in [-0.15, -0.1) is 0 Å². The first-order valence-corrected chi connectivity index (χ1v) is 12.6. The molecular formula is C30H29N5O2. The van der Waals surface area contributed by atoms with E-state index in [1.54, 1.807) is 18.2 Å². The molecule has 1 aliphatic heterocycles. The van der Waals surface area contributed by atoms with Crippen LogP contribution in [0.1, 0.15) is 59.4 Å². The maximum Gasteiger partial charge on any atom is 0.337 e. The van der Waals surface area contributed by atoms with Crippen molar-refractivity contribution < 1.29 is 9.90 Å². The van der Waals surface area contributed by atoms with Crippen LogP contribution in [0, 0.1) is 18.3 Å². The topological polar surface area (TPSA) is 102 Å². The van der Waals surface area contributed by atoms with Gasteiger partial charge in [-0.1, -0.05) is 18.2 Å². The molecule has 0 saturated carbocycles. The Labute approximate surface area is 216 Å². The fourth-order valence-electron chi connectivity index (χ4n) is 5.07. The highest BCUT2D eigenvalue weighted by atomic mass is 16.4. The predicted molar refractivity (Wildman–Crippen MR) is 146 cm³/mol. The van der Waals surface area contributed by atoms with Gasteiger partial charge in [-0.25, -0.2) is 14.8 Å². The van der Waals surface area contributed by atoms with E-state index in [2.05, 4.69) is 22.4 Å². The SMILES string of the molecule is Cc1cc(C(C)Nc2ccccc2C(=O)O)c2cc(-c3ccc(N4CCCCC4)nc3)c(C#N)nc2c1. The molecule has 0 radical (unpaired) electrons. The number of nitriles is 1. The van der Waals surface area contributed by atoms with Crippen LogP contribution in [0.3, 0.4) is 0 Å². The van der Waals surface area contributed by atoms with E-state index in [1.807, 2.05) is 50.4 Å². The summed E-state index contributed by atoms with van der Waals surface area (Å²) in [6, 6.07) is 19.0. The summed E-state index contributed by atoms with van der Waals surface area (Å²) in [5, 5.41) is 23.8. The van der Waals surface area contributed by atoms with E-state index in [-0.39, 0.29) is 11.6 Å². The van der Waals surface area contributed by atoms with E-state index in [0.717, 1.165) is 52.1 Å². The number of anilines is 2. The monoisotopic (exact) mass is 491 g/mol. The summed E-state index contributed by atoms with van der Waals surface area (Å²) < 4.78 is 0. The van der Waals surface area contributed by atoms with Gasteiger partial charge in [0.15, 0.2) is 0 Å². The Balaban J connectivity index is 1.55. The number of hydrogen-bond acceptors (Lipinski definition) is 6. The standard InChI is InChI=1S/C30H29N5O2/c1-19-14-23(20(2)33-26-9-5-4-8-22(26)30(36)37)25-16-24(28(17-31)34-27(25)15-19)21-10-11-29(32-18-21)35-12-6-3-7-13-35/h4-5,8-11,14-16,18,20,33H,3,6-7,12-13H2,1-2H3,(H,36,37). The third-order valence-electron chi connectivity index (χ3n) is 6.95. The summed E-state index contributed by atoms with van der Waals surface area (Å²) in [6.07, 6.45) is 5.45. The molecular weight excluding hydrogens is 462 g/mol. The summed E-state index contributed by atoms with van der Waals surface area (Å²) in [4.78, 5) is 23.4. The summed E-state index contributed by atoms with van der Waals surface area (Å²) in [7, 11) is 0. The lowest BCUT2D eigenvalue weighted by Crippen LogP contribution is -2.29. The molecule has 2 aromatic carbocycles. The Morgan fingerprint density at radius 1 is 1.11 bits per heavy atom. The number of carbonyl (C=O) groups is 1. The number of hydrogen-bond donors (Lipinski definition) is 2. The van der Waals surface area contributed by atoms with Crippen molar-refractivity contribution >= 4 is 28.4 Å². The molecule has 0 amide bonds. The minimum atomic E-state index is -0.979. The summed E-state index contributed by atoms with van der Waals surface area (Å²) in [5.41, 5.74) is 5.42. The van der Waals surface area contributed by atoms with Gasteiger partial charge in [0.05, 0.1) is 11.1 Å². The van der Waals surface area contributed by atoms with Gasteiger partial charge in [-0.05, 0) is 80.6 Å². The maximum absolute atomic E-state index is 11.7. The molecule has 37 heavy (non-hydrogen) atoms. The highest BCUT2D eigenvalue weighted by Crippen LogP contribution is 2.33. The Morgan fingerprint density at radius 3 is 2.59 bits per heavy atom. The predicted octanol–water partition coefficient (Wildman–Crippen LogP) is 6.34. The first-order valence-electron chi connectivity index (χ1n) is 12.6. The van der Waals surface area contributed by atoms with Gasteiger partial charge in [0.2, 0.25) is 0 Å². The van der Waals surface area contributed by atoms with E-state index in [0.29, 0.717) is 11.4 Å². The highest BCUT2D eigenvalue weighted by Gasteiger charge is 2.18. The lowest BCUT2D eigenvalue weighted by molar-refractivity contribution is 0.0698. The van der Waals surface area contributed by atoms with Crippen molar-refractivity contribution in [1.82, 2.24) is 9.97 Å². The molecule has 5 rings (SSSR count). The van der Waals surface area contributed by atoms with Crippen molar-refractivity contribution in [1.29, 1.82) is 5.26 Å². The maximum atomic E-state index is 11.7. The Kier molecular flexibility index (Phi) is 6.74. The zero-order valence-corrected chi connectivity index (χ0v) is 21.0. The highest BCUT2D eigenvalue weighted by molar-refractivity contribution is 5.94. The van der Waals surface area contributed by atoms with Crippen molar-refractivity contribution in [3.05, 3.63) is 83.2 Å². The fraction of sp³-hybridized carbons (Fsp3) is 0.267.